The molecule has 0 aliphatic heterocycles. The van der Waals surface area contributed by atoms with Crippen molar-refractivity contribution in [1.82, 2.24) is 9.97 Å². The van der Waals surface area contributed by atoms with Crippen molar-refractivity contribution in [2.45, 2.75) is 26.3 Å². The molecule has 0 spiro atoms. The Morgan fingerprint density at radius 3 is 2.38 bits per heavy atom. The molecule has 3 aromatic rings. The third kappa shape index (κ3) is 6.25. The molecule has 5 nitrogen and oxygen atoms in total. The monoisotopic (exact) mass is 422 g/mol. The van der Waals surface area contributed by atoms with Gasteiger partial charge in [-0.25, -0.2) is 4.98 Å². The molecule has 9 heteroatoms. The quantitative estimate of drug-likeness (QED) is 0.491. The summed E-state index contributed by atoms with van der Waals surface area (Å²) in [6.45, 7) is 3.86. The molecule has 1 aromatic heterocycles. The molecule has 0 radical (unpaired) electrons. The largest absolute Gasteiger partial charge is 0.573 e. The fourth-order valence-corrected chi connectivity index (χ4v) is 2.64. The van der Waals surface area contributed by atoms with Gasteiger partial charge in [-0.05, 0) is 50.2 Å². The lowest BCUT2D eigenvalue weighted by Crippen LogP contribution is -2.17. The van der Waals surface area contributed by atoms with Crippen LogP contribution in [0.4, 0.5) is 30.6 Å². The Bertz CT molecular complexity index is 978. The lowest BCUT2D eigenvalue weighted by atomic mass is 10.1. The highest BCUT2D eigenvalue weighted by molar-refractivity contribution is 6.30. The smallest absolute Gasteiger partial charge is 0.406 e. The van der Waals surface area contributed by atoms with Crippen LogP contribution in [0, 0.1) is 0 Å². The Labute approximate surface area is 170 Å². The summed E-state index contributed by atoms with van der Waals surface area (Å²) < 4.78 is 41.6. The third-order valence-electron chi connectivity index (χ3n) is 3.62. The number of ether oxygens (including phenoxy) is 1. The van der Waals surface area contributed by atoms with Crippen LogP contribution < -0.4 is 15.4 Å². The Balaban J connectivity index is 1.97. The Kier molecular flexibility index (Phi) is 6.12. The van der Waals surface area contributed by atoms with E-state index in [0.29, 0.717) is 28.0 Å². The number of anilines is 3. The number of alkyl halides is 3. The van der Waals surface area contributed by atoms with Gasteiger partial charge in [0, 0.05) is 28.4 Å². The second-order valence-electron chi connectivity index (χ2n) is 6.47. The van der Waals surface area contributed by atoms with Crippen LogP contribution in [0.1, 0.15) is 13.8 Å². The summed E-state index contributed by atoms with van der Waals surface area (Å²) in [6.07, 6.45) is -4.77. The molecular formula is C20H18ClF3N4O. The number of nitrogens with one attached hydrogen (secondary N) is 2. The zero-order valence-corrected chi connectivity index (χ0v) is 16.3. The van der Waals surface area contributed by atoms with Gasteiger partial charge in [0.25, 0.3) is 0 Å². The molecule has 0 aliphatic rings. The van der Waals surface area contributed by atoms with Crippen LogP contribution >= 0.6 is 11.6 Å². The molecule has 152 valence electrons. The van der Waals surface area contributed by atoms with Gasteiger partial charge in [-0.3, -0.25) is 0 Å². The van der Waals surface area contributed by atoms with Gasteiger partial charge in [0.2, 0.25) is 5.95 Å². The van der Waals surface area contributed by atoms with Gasteiger partial charge in [0.1, 0.15) is 11.6 Å². The molecule has 0 atom stereocenters. The number of aromatic nitrogens is 2. The number of rotatable bonds is 6. The van der Waals surface area contributed by atoms with E-state index >= 15 is 0 Å². The van der Waals surface area contributed by atoms with Crippen LogP contribution in [0.15, 0.2) is 54.6 Å². The van der Waals surface area contributed by atoms with Crippen LogP contribution in [0.2, 0.25) is 5.02 Å². The molecule has 0 saturated carbocycles. The van der Waals surface area contributed by atoms with Gasteiger partial charge in [-0.1, -0.05) is 23.7 Å². The molecule has 0 aliphatic carbocycles. The molecule has 0 bridgehead atoms. The predicted octanol–water partition coefficient (Wildman–Crippen LogP) is 6.26. The molecule has 2 aromatic carbocycles. The first-order chi connectivity index (χ1) is 13.7. The van der Waals surface area contributed by atoms with Crippen molar-refractivity contribution < 1.29 is 17.9 Å². The average molecular weight is 423 g/mol. The molecule has 3 rings (SSSR count). The Morgan fingerprint density at radius 1 is 1.00 bits per heavy atom. The van der Waals surface area contributed by atoms with Crippen LogP contribution in [0.3, 0.4) is 0 Å². The highest BCUT2D eigenvalue weighted by Gasteiger charge is 2.31. The molecule has 0 saturated heterocycles. The number of hydrogen-bond acceptors (Lipinski definition) is 5. The first-order valence-corrected chi connectivity index (χ1v) is 9.10. The maximum atomic E-state index is 12.5. The van der Waals surface area contributed by atoms with E-state index in [0.717, 1.165) is 5.69 Å². The second kappa shape index (κ2) is 8.57. The number of hydrogen-bond donors (Lipinski definition) is 2. The maximum Gasteiger partial charge on any atom is 0.573 e. The van der Waals surface area contributed by atoms with Crippen LogP contribution in [0.5, 0.6) is 5.75 Å². The van der Waals surface area contributed by atoms with Gasteiger partial charge in [-0.2, -0.15) is 4.98 Å². The first-order valence-electron chi connectivity index (χ1n) is 8.72. The maximum absolute atomic E-state index is 12.5. The summed E-state index contributed by atoms with van der Waals surface area (Å²) >= 11 is 5.91. The minimum atomic E-state index is -4.77. The van der Waals surface area contributed by atoms with Gasteiger partial charge >= 0.3 is 6.36 Å². The van der Waals surface area contributed by atoms with E-state index in [1.54, 1.807) is 36.4 Å². The van der Waals surface area contributed by atoms with E-state index in [9.17, 15) is 13.2 Å². The van der Waals surface area contributed by atoms with Crippen molar-refractivity contribution >= 4 is 29.1 Å². The van der Waals surface area contributed by atoms with E-state index in [2.05, 4.69) is 25.3 Å². The van der Waals surface area contributed by atoms with Crippen molar-refractivity contribution in [1.29, 1.82) is 0 Å². The van der Waals surface area contributed by atoms with Crippen LogP contribution in [-0.4, -0.2) is 22.4 Å². The number of nitrogens with zero attached hydrogens (tertiary/aromatic N) is 2. The van der Waals surface area contributed by atoms with Gasteiger partial charge in [0.05, 0.1) is 5.69 Å². The van der Waals surface area contributed by atoms with E-state index in [1.807, 2.05) is 13.8 Å². The van der Waals surface area contributed by atoms with Crippen molar-refractivity contribution in [3.8, 4) is 17.0 Å². The number of benzene rings is 2. The third-order valence-corrected chi connectivity index (χ3v) is 3.88. The number of halogens is 4. The van der Waals surface area contributed by atoms with E-state index in [-0.39, 0.29) is 11.8 Å². The van der Waals surface area contributed by atoms with E-state index < -0.39 is 6.36 Å². The van der Waals surface area contributed by atoms with Crippen LogP contribution in [-0.2, 0) is 0 Å². The zero-order valence-electron chi connectivity index (χ0n) is 15.6. The van der Waals surface area contributed by atoms with Crippen molar-refractivity contribution in [2.75, 3.05) is 10.6 Å². The minimum Gasteiger partial charge on any atom is -0.406 e. The summed E-state index contributed by atoms with van der Waals surface area (Å²) in [5.41, 5.74) is 1.65. The lowest BCUT2D eigenvalue weighted by Gasteiger charge is -2.14. The average Bonchev–Trinajstić information content (AvgIpc) is 2.62. The summed E-state index contributed by atoms with van der Waals surface area (Å²) in [6, 6.07) is 14.4. The van der Waals surface area contributed by atoms with Crippen molar-refractivity contribution in [3.05, 3.63) is 59.6 Å². The van der Waals surface area contributed by atoms with E-state index in [1.165, 1.54) is 18.2 Å². The summed E-state index contributed by atoms with van der Waals surface area (Å²) in [4.78, 5) is 8.84. The lowest BCUT2D eigenvalue weighted by molar-refractivity contribution is -0.274. The molecule has 0 amide bonds. The summed E-state index contributed by atoms with van der Waals surface area (Å²) in [7, 11) is 0. The normalized spacial score (nSPS) is 11.4. The fraction of sp³-hybridized carbons (Fsp3) is 0.200. The molecule has 29 heavy (non-hydrogen) atoms. The summed E-state index contributed by atoms with van der Waals surface area (Å²) in [5.74, 6) is 0.498. The topological polar surface area (TPSA) is 59.1 Å². The van der Waals surface area contributed by atoms with Gasteiger partial charge in [-0.15, -0.1) is 13.2 Å². The highest BCUT2D eigenvalue weighted by atomic mass is 35.5. The predicted molar refractivity (Wildman–Crippen MR) is 108 cm³/mol. The SMILES string of the molecule is CC(C)Nc1nc(Nc2ccc(Cl)cc2)cc(-c2cccc(OC(F)(F)F)c2)n1. The van der Waals surface area contributed by atoms with Gasteiger partial charge in [0.15, 0.2) is 0 Å². The molecule has 2 N–H and O–H groups in total. The van der Waals surface area contributed by atoms with Crippen molar-refractivity contribution in [2.24, 2.45) is 0 Å². The molecule has 0 fully saturated rings. The Hall–Kier alpha value is -3.00. The molecule has 1 heterocycles. The molecule has 0 unspecified atom stereocenters. The fourth-order valence-electron chi connectivity index (χ4n) is 2.52. The summed E-state index contributed by atoms with van der Waals surface area (Å²) in [5, 5.41) is 6.85. The Morgan fingerprint density at radius 2 is 1.72 bits per heavy atom. The van der Waals surface area contributed by atoms with Crippen LogP contribution in [0.25, 0.3) is 11.3 Å². The second-order valence-corrected chi connectivity index (χ2v) is 6.91. The van der Waals surface area contributed by atoms with Gasteiger partial charge < -0.3 is 15.4 Å². The van der Waals surface area contributed by atoms with Crippen molar-refractivity contribution in [3.63, 3.8) is 0 Å². The minimum absolute atomic E-state index is 0.0635. The first kappa shape index (κ1) is 20.7. The standard InChI is InChI=1S/C20H18ClF3N4O/c1-12(2)25-19-27-17(13-4-3-5-16(10-13)29-20(22,23)24)11-18(28-19)26-15-8-6-14(21)7-9-15/h3-12H,1-2H3,(H2,25,26,27,28). The van der Waals surface area contributed by atoms with E-state index in [4.69, 9.17) is 11.6 Å². The zero-order chi connectivity index (χ0) is 21.0. The highest BCUT2D eigenvalue weighted by Crippen LogP contribution is 2.29. The molecular weight excluding hydrogens is 405 g/mol.